The van der Waals surface area contributed by atoms with Gasteiger partial charge in [-0.05, 0) is 31.4 Å². The van der Waals surface area contributed by atoms with Crippen LogP contribution in [0, 0.1) is 6.92 Å². The van der Waals surface area contributed by atoms with Crippen molar-refractivity contribution in [1.82, 2.24) is 19.6 Å². The third-order valence-electron chi connectivity index (χ3n) is 5.89. The van der Waals surface area contributed by atoms with E-state index in [0.29, 0.717) is 18.8 Å². The maximum absolute atomic E-state index is 13.0. The first kappa shape index (κ1) is 20.9. The lowest BCUT2D eigenvalue weighted by atomic mass is 10.1. The molecular formula is C22H27F3N4O. The molecule has 1 amide bonds. The minimum absolute atomic E-state index is 0.0178. The quantitative estimate of drug-likeness (QED) is 0.714. The number of aryl methyl sites for hydroxylation is 2. The summed E-state index contributed by atoms with van der Waals surface area (Å²) >= 11 is 0. The van der Waals surface area contributed by atoms with Gasteiger partial charge < -0.3 is 4.90 Å². The van der Waals surface area contributed by atoms with Gasteiger partial charge in [0.1, 0.15) is 0 Å². The van der Waals surface area contributed by atoms with Crippen LogP contribution in [0.15, 0.2) is 30.3 Å². The number of halogens is 3. The molecule has 0 atom stereocenters. The minimum atomic E-state index is -4.45. The van der Waals surface area contributed by atoms with Crippen molar-refractivity contribution >= 4 is 5.91 Å². The van der Waals surface area contributed by atoms with Crippen LogP contribution in [0.3, 0.4) is 0 Å². The zero-order valence-corrected chi connectivity index (χ0v) is 17.2. The van der Waals surface area contributed by atoms with Crippen LogP contribution in [0.25, 0.3) is 0 Å². The summed E-state index contributed by atoms with van der Waals surface area (Å²) in [4.78, 5) is 16.8. The topological polar surface area (TPSA) is 41.4 Å². The third-order valence-corrected chi connectivity index (χ3v) is 5.89. The first-order chi connectivity index (χ1) is 14.3. The lowest BCUT2D eigenvalue weighted by Gasteiger charge is -2.35. The summed E-state index contributed by atoms with van der Waals surface area (Å²) in [5.74, 6) is 0.129. The highest BCUT2D eigenvalue weighted by Gasteiger charge is 2.37. The minimum Gasteiger partial charge on any atom is -0.340 e. The van der Waals surface area contributed by atoms with E-state index in [4.69, 9.17) is 0 Å². The number of hydrogen-bond acceptors (Lipinski definition) is 3. The number of rotatable bonds is 6. The number of aromatic nitrogens is 2. The molecular weight excluding hydrogens is 393 g/mol. The third kappa shape index (κ3) is 5.03. The van der Waals surface area contributed by atoms with Gasteiger partial charge in [0.15, 0.2) is 5.69 Å². The zero-order valence-electron chi connectivity index (χ0n) is 17.2. The van der Waals surface area contributed by atoms with E-state index in [2.05, 4.69) is 41.2 Å². The van der Waals surface area contributed by atoms with Crippen LogP contribution in [0.1, 0.15) is 47.7 Å². The first-order valence-corrected chi connectivity index (χ1v) is 10.5. The molecule has 1 saturated heterocycles. The van der Waals surface area contributed by atoms with Crippen molar-refractivity contribution in [2.75, 3.05) is 26.2 Å². The average Bonchev–Trinajstić information content (AvgIpc) is 3.46. The number of piperazine rings is 1. The number of nitrogens with zero attached hydrogens (tertiary/aromatic N) is 4. The van der Waals surface area contributed by atoms with Crippen LogP contribution in [-0.2, 0) is 24.1 Å². The standard InChI is InChI=1S/C22H27F3N4O/c1-16-2-4-17(5-3-16)15-27-10-12-28(13-11-27)21(30)8-9-29-19(18-6-7-18)14-20(26-29)22(23,24)25/h2-5,14,18H,6-13,15H2,1H3. The SMILES string of the molecule is Cc1ccc(CN2CCN(C(=O)CCn3nc(C(F)(F)F)cc3C3CC3)CC2)cc1. The lowest BCUT2D eigenvalue weighted by Crippen LogP contribution is -2.48. The molecule has 4 rings (SSSR count). The largest absolute Gasteiger partial charge is 0.435 e. The zero-order chi connectivity index (χ0) is 21.3. The van der Waals surface area contributed by atoms with Crippen molar-refractivity contribution in [2.24, 2.45) is 0 Å². The number of carbonyl (C=O) groups excluding carboxylic acids is 1. The van der Waals surface area contributed by atoms with Gasteiger partial charge in [0.05, 0.1) is 0 Å². The van der Waals surface area contributed by atoms with Crippen molar-refractivity contribution in [1.29, 1.82) is 0 Å². The van der Waals surface area contributed by atoms with E-state index >= 15 is 0 Å². The number of alkyl halides is 3. The molecule has 2 aliphatic rings. The van der Waals surface area contributed by atoms with Gasteiger partial charge in [-0.2, -0.15) is 18.3 Å². The molecule has 0 spiro atoms. The maximum atomic E-state index is 13.0. The van der Waals surface area contributed by atoms with E-state index in [-0.39, 0.29) is 24.8 Å². The molecule has 0 unspecified atom stereocenters. The monoisotopic (exact) mass is 420 g/mol. The highest BCUT2D eigenvalue weighted by molar-refractivity contribution is 5.76. The predicted molar refractivity (Wildman–Crippen MR) is 107 cm³/mol. The molecule has 2 heterocycles. The Morgan fingerprint density at radius 3 is 2.37 bits per heavy atom. The van der Waals surface area contributed by atoms with Gasteiger partial charge in [0, 0.05) is 57.3 Å². The molecule has 1 aliphatic heterocycles. The molecule has 2 fully saturated rings. The molecule has 1 aromatic heterocycles. The summed E-state index contributed by atoms with van der Waals surface area (Å²) in [6.45, 7) is 6.01. The Hall–Kier alpha value is -2.35. The van der Waals surface area contributed by atoms with Crippen molar-refractivity contribution in [3.63, 3.8) is 0 Å². The molecule has 2 aromatic rings. The van der Waals surface area contributed by atoms with E-state index in [0.717, 1.165) is 38.5 Å². The smallest absolute Gasteiger partial charge is 0.340 e. The molecule has 1 saturated carbocycles. The Bertz CT molecular complexity index is 879. The highest BCUT2D eigenvalue weighted by atomic mass is 19.4. The Kier molecular flexibility index (Phi) is 5.86. The maximum Gasteiger partial charge on any atom is 0.435 e. The molecule has 1 aromatic carbocycles. The fourth-order valence-electron chi connectivity index (χ4n) is 3.92. The first-order valence-electron chi connectivity index (χ1n) is 10.5. The lowest BCUT2D eigenvalue weighted by molar-refractivity contribution is -0.141. The van der Waals surface area contributed by atoms with E-state index in [1.165, 1.54) is 15.8 Å². The van der Waals surface area contributed by atoms with Gasteiger partial charge in [-0.25, -0.2) is 0 Å². The van der Waals surface area contributed by atoms with Crippen LogP contribution in [-0.4, -0.2) is 51.7 Å². The van der Waals surface area contributed by atoms with Crippen molar-refractivity contribution in [3.8, 4) is 0 Å². The molecule has 8 heteroatoms. The van der Waals surface area contributed by atoms with Gasteiger partial charge in [-0.1, -0.05) is 29.8 Å². The fraction of sp³-hybridized carbons (Fsp3) is 0.545. The Morgan fingerprint density at radius 1 is 1.10 bits per heavy atom. The summed E-state index contributed by atoms with van der Waals surface area (Å²) in [7, 11) is 0. The van der Waals surface area contributed by atoms with Crippen LogP contribution in [0.4, 0.5) is 13.2 Å². The van der Waals surface area contributed by atoms with Gasteiger partial charge in [-0.3, -0.25) is 14.4 Å². The number of hydrogen-bond donors (Lipinski definition) is 0. The Balaban J connectivity index is 1.28. The summed E-state index contributed by atoms with van der Waals surface area (Å²) in [5.41, 5.74) is 2.24. The van der Waals surface area contributed by atoms with Crippen molar-refractivity contribution in [2.45, 2.75) is 51.4 Å². The normalized spacial score (nSPS) is 18.1. The second-order valence-electron chi connectivity index (χ2n) is 8.34. The molecule has 30 heavy (non-hydrogen) atoms. The van der Waals surface area contributed by atoms with Crippen LogP contribution >= 0.6 is 0 Å². The van der Waals surface area contributed by atoms with E-state index in [9.17, 15) is 18.0 Å². The van der Waals surface area contributed by atoms with E-state index < -0.39 is 11.9 Å². The molecule has 0 bridgehead atoms. The Morgan fingerprint density at radius 2 is 1.77 bits per heavy atom. The number of benzene rings is 1. The summed E-state index contributed by atoms with van der Waals surface area (Å²) in [6.07, 6.45) is -2.50. The summed E-state index contributed by atoms with van der Waals surface area (Å²) in [6, 6.07) is 9.61. The number of amides is 1. The van der Waals surface area contributed by atoms with Crippen LogP contribution in [0.2, 0.25) is 0 Å². The molecule has 162 valence electrons. The molecule has 1 aliphatic carbocycles. The average molecular weight is 420 g/mol. The number of carbonyl (C=O) groups is 1. The highest BCUT2D eigenvalue weighted by Crippen LogP contribution is 2.42. The van der Waals surface area contributed by atoms with Gasteiger partial charge >= 0.3 is 6.18 Å². The van der Waals surface area contributed by atoms with Gasteiger partial charge in [0.2, 0.25) is 5.91 Å². The van der Waals surface area contributed by atoms with E-state index in [1.54, 1.807) is 0 Å². The van der Waals surface area contributed by atoms with Gasteiger partial charge in [-0.15, -0.1) is 0 Å². The predicted octanol–water partition coefficient (Wildman–Crippen LogP) is 3.82. The Labute approximate surface area is 174 Å². The molecule has 5 nitrogen and oxygen atoms in total. The van der Waals surface area contributed by atoms with E-state index in [1.807, 2.05) is 4.90 Å². The summed E-state index contributed by atoms with van der Waals surface area (Å²) < 4.78 is 40.4. The van der Waals surface area contributed by atoms with Crippen molar-refractivity contribution < 1.29 is 18.0 Å². The molecule has 0 N–H and O–H groups in total. The molecule has 0 radical (unpaired) electrons. The second kappa shape index (κ2) is 8.41. The van der Waals surface area contributed by atoms with Gasteiger partial charge in [0.25, 0.3) is 0 Å². The van der Waals surface area contributed by atoms with Crippen molar-refractivity contribution in [3.05, 3.63) is 52.8 Å². The second-order valence-corrected chi connectivity index (χ2v) is 8.34. The fourth-order valence-corrected chi connectivity index (χ4v) is 3.92. The van der Waals surface area contributed by atoms with Crippen LogP contribution < -0.4 is 0 Å². The van der Waals surface area contributed by atoms with Crippen LogP contribution in [0.5, 0.6) is 0 Å². The summed E-state index contributed by atoms with van der Waals surface area (Å²) in [5, 5.41) is 3.74.